The van der Waals surface area contributed by atoms with Crippen molar-refractivity contribution >= 4 is 5.71 Å². The summed E-state index contributed by atoms with van der Waals surface area (Å²) < 4.78 is 0. The molecule has 0 saturated heterocycles. The van der Waals surface area contributed by atoms with Gasteiger partial charge in [-0.05, 0) is 49.1 Å². The first-order valence-electron chi connectivity index (χ1n) is 9.85. The molecule has 0 fully saturated rings. The lowest BCUT2D eigenvalue weighted by Gasteiger charge is -2.47. The second-order valence-electron chi connectivity index (χ2n) is 8.85. The number of fused-ring (bicyclic) bond motifs is 1. The average molecular weight is 345 g/mol. The van der Waals surface area contributed by atoms with Crippen LogP contribution in [0.5, 0.6) is 0 Å². The molecule has 0 saturated carbocycles. The van der Waals surface area contributed by atoms with Gasteiger partial charge in [0.15, 0.2) is 0 Å². The van der Waals surface area contributed by atoms with Gasteiger partial charge in [-0.25, -0.2) is 0 Å². The second kappa shape index (κ2) is 7.90. The van der Waals surface area contributed by atoms with Crippen molar-refractivity contribution in [3.8, 4) is 0 Å². The molecule has 0 bridgehead atoms. The lowest BCUT2D eigenvalue weighted by atomic mass is 9.73. The van der Waals surface area contributed by atoms with Gasteiger partial charge in [0.1, 0.15) is 5.71 Å². The Hall–Kier alpha value is -1.35. The van der Waals surface area contributed by atoms with E-state index in [1.54, 1.807) is 0 Å². The minimum Gasteiger partial charge on any atom is -0.411 e. The zero-order valence-electron chi connectivity index (χ0n) is 17.0. The molecule has 140 valence electrons. The third kappa shape index (κ3) is 4.08. The molecule has 0 heterocycles. The van der Waals surface area contributed by atoms with Gasteiger partial charge >= 0.3 is 0 Å². The highest BCUT2D eigenvalue weighted by atomic mass is 16.4. The van der Waals surface area contributed by atoms with Crippen LogP contribution in [0.2, 0.25) is 0 Å². The van der Waals surface area contributed by atoms with E-state index in [1.165, 1.54) is 5.56 Å². The van der Waals surface area contributed by atoms with E-state index in [9.17, 15) is 5.21 Å². The molecular formula is C22H36N2O. The van der Waals surface area contributed by atoms with E-state index in [2.05, 4.69) is 75.9 Å². The number of oxime groups is 1. The van der Waals surface area contributed by atoms with Gasteiger partial charge in [0.2, 0.25) is 0 Å². The number of hydrogen-bond donors (Lipinski definition) is 1. The van der Waals surface area contributed by atoms with Crippen molar-refractivity contribution in [1.29, 1.82) is 0 Å². The topological polar surface area (TPSA) is 35.8 Å². The summed E-state index contributed by atoms with van der Waals surface area (Å²) >= 11 is 0. The van der Waals surface area contributed by atoms with E-state index < -0.39 is 0 Å². The number of nitrogens with zero attached hydrogens (tertiary/aromatic N) is 2. The Kier molecular flexibility index (Phi) is 6.31. The summed E-state index contributed by atoms with van der Waals surface area (Å²) in [6.45, 7) is 15.8. The molecule has 1 N–H and O–H groups in total. The van der Waals surface area contributed by atoms with Crippen molar-refractivity contribution in [2.45, 2.75) is 72.8 Å². The van der Waals surface area contributed by atoms with Crippen LogP contribution in [0.3, 0.4) is 0 Å². The molecule has 1 aliphatic carbocycles. The predicted molar refractivity (Wildman–Crippen MR) is 107 cm³/mol. The molecule has 1 unspecified atom stereocenters. The first-order chi connectivity index (χ1) is 11.8. The molecule has 1 aromatic rings. The molecular weight excluding hydrogens is 308 g/mol. The van der Waals surface area contributed by atoms with Crippen LogP contribution in [-0.2, 0) is 6.42 Å². The third-order valence-electron chi connectivity index (χ3n) is 5.52. The fourth-order valence-corrected chi connectivity index (χ4v) is 4.72. The Morgan fingerprint density at radius 2 is 1.88 bits per heavy atom. The van der Waals surface area contributed by atoms with Gasteiger partial charge in [-0.3, -0.25) is 4.90 Å². The molecule has 0 radical (unpaired) electrons. The van der Waals surface area contributed by atoms with Crippen molar-refractivity contribution < 1.29 is 5.21 Å². The van der Waals surface area contributed by atoms with Crippen LogP contribution in [-0.4, -0.2) is 34.4 Å². The highest BCUT2D eigenvalue weighted by Crippen LogP contribution is 2.43. The van der Waals surface area contributed by atoms with Gasteiger partial charge in [-0.2, -0.15) is 0 Å². The Morgan fingerprint density at radius 1 is 1.20 bits per heavy atom. The minimum absolute atomic E-state index is 0.154. The Bertz CT molecular complexity index is 606. The standard InChI is InChI=1S/C22H36N2O/c1-7-13-24(15-17(3)4)22(8-2)16-21(5,6)14-18-11-9-10-12-19(18)20(22)23-25/h9-12,17,25H,7-8,13-16H2,1-6H3/b23-20+. The Labute approximate surface area is 154 Å². The predicted octanol–water partition coefficient (Wildman–Crippen LogP) is 5.35. The molecule has 25 heavy (non-hydrogen) atoms. The first-order valence-corrected chi connectivity index (χ1v) is 9.85. The zero-order valence-corrected chi connectivity index (χ0v) is 17.0. The van der Waals surface area contributed by atoms with E-state index in [4.69, 9.17) is 0 Å². The van der Waals surface area contributed by atoms with Gasteiger partial charge in [0.05, 0.1) is 5.54 Å². The maximum Gasteiger partial charge on any atom is 0.107 e. The highest BCUT2D eigenvalue weighted by molar-refractivity contribution is 6.08. The summed E-state index contributed by atoms with van der Waals surface area (Å²) in [5, 5.41) is 14.0. The van der Waals surface area contributed by atoms with Crippen molar-refractivity contribution in [1.82, 2.24) is 4.90 Å². The van der Waals surface area contributed by atoms with Gasteiger partial charge in [0, 0.05) is 12.1 Å². The van der Waals surface area contributed by atoms with E-state index in [-0.39, 0.29) is 11.0 Å². The molecule has 2 rings (SSSR count). The number of rotatable bonds is 6. The molecule has 0 spiro atoms. The summed E-state index contributed by atoms with van der Waals surface area (Å²) in [5.74, 6) is 0.580. The van der Waals surface area contributed by atoms with Crippen molar-refractivity contribution in [3.63, 3.8) is 0 Å². The van der Waals surface area contributed by atoms with Crippen LogP contribution in [0.4, 0.5) is 0 Å². The summed E-state index contributed by atoms with van der Waals surface area (Å²) in [5.41, 5.74) is 3.23. The summed E-state index contributed by atoms with van der Waals surface area (Å²) in [6, 6.07) is 8.49. The highest BCUT2D eigenvalue weighted by Gasteiger charge is 2.47. The summed E-state index contributed by atoms with van der Waals surface area (Å²) in [7, 11) is 0. The molecule has 1 aliphatic rings. The van der Waals surface area contributed by atoms with Crippen LogP contribution in [0, 0.1) is 11.3 Å². The van der Waals surface area contributed by atoms with E-state index >= 15 is 0 Å². The smallest absolute Gasteiger partial charge is 0.107 e. The van der Waals surface area contributed by atoms with E-state index in [0.717, 1.165) is 50.0 Å². The molecule has 3 heteroatoms. The summed E-state index contributed by atoms with van der Waals surface area (Å²) in [6.07, 6.45) is 4.09. The van der Waals surface area contributed by atoms with Crippen LogP contribution in [0.1, 0.15) is 71.9 Å². The molecule has 1 aromatic carbocycles. The van der Waals surface area contributed by atoms with Gasteiger partial charge < -0.3 is 5.21 Å². The van der Waals surface area contributed by atoms with Crippen molar-refractivity contribution in [2.75, 3.05) is 13.1 Å². The van der Waals surface area contributed by atoms with Crippen LogP contribution in [0.25, 0.3) is 0 Å². The van der Waals surface area contributed by atoms with E-state index in [1.807, 2.05) is 0 Å². The second-order valence-corrected chi connectivity index (χ2v) is 8.85. The maximum atomic E-state index is 10.1. The SMILES string of the molecule is CCCN(CC(C)C)C1(CC)CC(C)(C)Cc2ccccc2/C1=N\O. The van der Waals surface area contributed by atoms with Crippen LogP contribution in [0.15, 0.2) is 29.4 Å². The molecule has 0 amide bonds. The number of hydrogen-bond acceptors (Lipinski definition) is 3. The molecule has 0 aliphatic heterocycles. The van der Waals surface area contributed by atoms with Gasteiger partial charge in [-0.1, -0.05) is 71.0 Å². The maximum absolute atomic E-state index is 10.1. The average Bonchev–Trinajstić information content (AvgIpc) is 2.64. The Balaban J connectivity index is 2.67. The number of benzene rings is 1. The largest absolute Gasteiger partial charge is 0.411 e. The van der Waals surface area contributed by atoms with Gasteiger partial charge in [-0.15, -0.1) is 0 Å². The summed E-state index contributed by atoms with van der Waals surface area (Å²) in [4.78, 5) is 2.59. The quantitative estimate of drug-likeness (QED) is 0.429. The van der Waals surface area contributed by atoms with Crippen LogP contribution < -0.4 is 0 Å². The van der Waals surface area contributed by atoms with E-state index in [0.29, 0.717) is 5.92 Å². The first kappa shape index (κ1) is 20.0. The van der Waals surface area contributed by atoms with Crippen molar-refractivity contribution in [3.05, 3.63) is 35.4 Å². The molecule has 0 aromatic heterocycles. The lowest BCUT2D eigenvalue weighted by Crippen LogP contribution is -2.57. The lowest BCUT2D eigenvalue weighted by molar-refractivity contribution is 0.0806. The van der Waals surface area contributed by atoms with Crippen molar-refractivity contribution in [2.24, 2.45) is 16.5 Å². The monoisotopic (exact) mass is 344 g/mol. The van der Waals surface area contributed by atoms with Gasteiger partial charge in [0.25, 0.3) is 0 Å². The minimum atomic E-state index is -0.217. The Morgan fingerprint density at radius 3 is 2.44 bits per heavy atom. The normalized spacial score (nSPS) is 24.6. The molecule has 3 nitrogen and oxygen atoms in total. The molecule has 1 atom stereocenters. The third-order valence-corrected chi connectivity index (χ3v) is 5.52. The zero-order chi connectivity index (χ0) is 18.7. The fraction of sp³-hybridized carbons (Fsp3) is 0.682. The van der Waals surface area contributed by atoms with Crippen LogP contribution >= 0.6 is 0 Å². The fourth-order valence-electron chi connectivity index (χ4n) is 4.72.